The van der Waals surface area contributed by atoms with E-state index in [1.165, 1.54) is 9.82 Å². The number of rotatable bonds is 10. The summed E-state index contributed by atoms with van der Waals surface area (Å²) in [7, 11) is 8.12. The van der Waals surface area contributed by atoms with Crippen molar-refractivity contribution in [3.63, 3.8) is 0 Å². The number of hydrogen-bond acceptors (Lipinski definition) is 6. The van der Waals surface area contributed by atoms with Crippen molar-refractivity contribution < 1.29 is 49.2 Å². The number of para-hydroxylation sites is 2. The SMILES string of the molecule is CN(C)CCNCc1ccccc1[O-].CN(C)CCNCc1ccccc1[O-].[N-]=[N+]=[N-].[N-]=[N+]=[N-].[Zn+2].[Zn+2]. The van der Waals surface area contributed by atoms with E-state index >= 15 is 0 Å². The molecule has 2 N–H and O–H groups in total. The molecule has 0 aliphatic carbocycles. The Morgan fingerprint density at radius 1 is 0.639 bits per heavy atom. The van der Waals surface area contributed by atoms with Gasteiger partial charge >= 0.3 is 39.0 Å². The van der Waals surface area contributed by atoms with E-state index < -0.39 is 0 Å². The van der Waals surface area contributed by atoms with Crippen LogP contribution < -0.4 is 20.8 Å². The van der Waals surface area contributed by atoms with E-state index in [1.54, 1.807) is 24.3 Å². The van der Waals surface area contributed by atoms with E-state index in [2.05, 4.69) is 20.4 Å². The third-order valence-corrected chi connectivity index (χ3v) is 4.05. The Balaban J connectivity index is -0.000000223. The third kappa shape index (κ3) is 26.4. The van der Waals surface area contributed by atoms with Crippen LogP contribution in [0.5, 0.6) is 11.5 Å². The Bertz CT molecular complexity index is 776. The minimum atomic E-state index is 0. The van der Waals surface area contributed by atoms with Crippen LogP contribution in [0, 0.1) is 0 Å². The van der Waals surface area contributed by atoms with Gasteiger partial charge < -0.3 is 52.8 Å². The molecule has 0 saturated carbocycles. The Morgan fingerprint density at radius 2 is 0.917 bits per heavy atom. The molecule has 0 unspecified atom stereocenters. The second-order valence-corrected chi connectivity index (χ2v) is 7.35. The van der Waals surface area contributed by atoms with Gasteiger partial charge in [0.25, 0.3) is 0 Å². The second kappa shape index (κ2) is 29.0. The van der Waals surface area contributed by atoms with Gasteiger partial charge in [-0.25, -0.2) is 0 Å². The van der Waals surface area contributed by atoms with Crippen LogP contribution in [0.15, 0.2) is 48.5 Å². The molecular weight excluding hydrogens is 567 g/mol. The smallest absolute Gasteiger partial charge is 0.872 e. The molecule has 2 aromatic carbocycles. The van der Waals surface area contributed by atoms with Crippen molar-refractivity contribution in [2.75, 3.05) is 54.4 Å². The van der Waals surface area contributed by atoms with Crippen LogP contribution in [0.4, 0.5) is 0 Å². The topological polar surface area (TPSA) is 194 Å². The normalized spacial score (nSPS) is 8.83. The van der Waals surface area contributed by atoms with Crippen LogP contribution in [0.3, 0.4) is 0 Å². The standard InChI is InChI=1S/2C11H18N2O.2N3.2Zn/c2*1-13(2)8-7-12-9-10-5-3-4-6-11(10)14;2*1-3-2;;/h2*3-6,12,14H,7-9H2,1-2H3;;;;/q;;2*-1;2*+2/p-2. The molecule has 188 valence electrons. The molecular formula is C22H34N10O2Zn2. The Morgan fingerprint density at radius 3 is 1.17 bits per heavy atom. The van der Waals surface area contributed by atoms with Gasteiger partial charge in [-0.3, -0.25) is 9.82 Å². The van der Waals surface area contributed by atoms with Crippen LogP contribution in [-0.4, -0.2) is 64.2 Å². The van der Waals surface area contributed by atoms with Crippen LogP contribution in [0.2, 0.25) is 0 Å². The Kier molecular flexibility index (Phi) is 32.9. The van der Waals surface area contributed by atoms with Gasteiger partial charge in [0.1, 0.15) is 0 Å². The molecule has 0 aliphatic rings. The zero-order chi connectivity index (χ0) is 26.2. The minimum absolute atomic E-state index is 0. The maximum atomic E-state index is 11.3. The number of nitrogens with zero attached hydrogens (tertiary/aromatic N) is 8. The first-order valence-corrected chi connectivity index (χ1v) is 10.4. The monoisotopic (exact) mass is 598 g/mol. The van der Waals surface area contributed by atoms with Gasteiger partial charge in [-0.2, -0.15) is 0 Å². The molecule has 2 rings (SSSR count). The predicted molar refractivity (Wildman–Crippen MR) is 132 cm³/mol. The number of hydrogen-bond donors (Lipinski definition) is 2. The number of nitrogens with one attached hydrogen (secondary N) is 2. The van der Waals surface area contributed by atoms with Crippen LogP contribution in [0.25, 0.3) is 31.9 Å². The predicted octanol–water partition coefficient (Wildman–Crippen LogP) is 2.55. The second-order valence-electron chi connectivity index (χ2n) is 7.35. The summed E-state index contributed by atoms with van der Waals surface area (Å²) in [4.78, 5) is 7.21. The number of benzene rings is 2. The zero-order valence-electron chi connectivity index (χ0n) is 21.7. The average molecular weight is 601 g/mol. The van der Waals surface area contributed by atoms with Crippen molar-refractivity contribution in [3.8, 4) is 11.5 Å². The van der Waals surface area contributed by atoms with Crippen molar-refractivity contribution in [1.82, 2.24) is 20.4 Å². The van der Waals surface area contributed by atoms with Crippen LogP contribution >= 0.6 is 0 Å². The van der Waals surface area contributed by atoms with Crippen molar-refractivity contribution in [2.24, 2.45) is 0 Å². The van der Waals surface area contributed by atoms with Gasteiger partial charge in [0.05, 0.1) is 0 Å². The molecule has 0 atom stereocenters. The summed E-state index contributed by atoms with van der Waals surface area (Å²) in [6.45, 7) is 5.10. The Labute approximate surface area is 239 Å². The fourth-order valence-electron chi connectivity index (χ4n) is 2.35. The van der Waals surface area contributed by atoms with Gasteiger partial charge in [0.15, 0.2) is 0 Å². The van der Waals surface area contributed by atoms with Crippen LogP contribution in [-0.2, 0) is 52.0 Å². The summed E-state index contributed by atoms with van der Waals surface area (Å²) < 4.78 is 0. The molecule has 0 aromatic heterocycles. The van der Waals surface area contributed by atoms with Crippen molar-refractivity contribution in [1.29, 1.82) is 0 Å². The summed E-state index contributed by atoms with van der Waals surface area (Å²) >= 11 is 0. The van der Waals surface area contributed by atoms with Gasteiger partial charge in [-0.15, -0.1) is 11.5 Å². The molecule has 0 heterocycles. The molecule has 0 spiro atoms. The summed E-state index contributed by atoms with van der Waals surface area (Å²) in [6.07, 6.45) is 0. The molecule has 14 heteroatoms. The summed E-state index contributed by atoms with van der Waals surface area (Å²) in [6, 6.07) is 14.3. The molecule has 2 aromatic rings. The first-order valence-electron chi connectivity index (χ1n) is 10.4. The van der Waals surface area contributed by atoms with E-state index in [-0.39, 0.29) is 50.5 Å². The quantitative estimate of drug-likeness (QED) is 0.138. The Hall–Kier alpha value is -2.25. The van der Waals surface area contributed by atoms with Crippen LogP contribution in [0.1, 0.15) is 11.1 Å². The molecule has 0 radical (unpaired) electrons. The fraction of sp³-hybridized carbons (Fsp3) is 0.455. The number of likely N-dealkylation sites (N-methyl/N-ethyl adjacent to an activating group) is 2. The summed E-state index contributed by atoms with van der Waals surface area (Å²) in [5.74, 6) is 0.231. The largest absolute Gasteiger partial charge is 2.00 e. The minimum Gasteiger partial charge on any atom is -0.872 e. The molecule has 0 bridgehead atoms. The van der Waals surface area contributed by atoms with E-state index in [0.717, 1.165) is 37.3 Å². The molecule has 0 aliphatic heterocycles. The van der Waals surface area contributed by atoms with Gasteiger partial charge in [0, 0.05) is 39.3 Å². The molecule has 0 fully saturated rings. The van der Waals surface area contributed by atoms with E-state index in [9.17, 15) is 10.2 Å². The molecule has 0 amide bonds. The maximum Gasteiger partial charge on any atom is 2.00 e. The van der Waals surface area contributed by atoms with Crippen molar-refractivity contribution in [2.45, 2.75) is 13.1 Å². The van der Waals surface area contributed by atoms with E-state index in [0.29, 0.717) is 13.1 Å². The third-order valence-electron chi connectivity index (χ3n) is 4.05. The summed E-state index contributed by atoms with van der Waals surface area (Å²) in [5, 5.41) is 29.1. The van der Waals surface area contributed by atoms with Crippen molar-refractivity contribution in [3.05, 3.63) is 91.6 Å². The molecule has 12 nitrogen and oxygen atoms in total. The first kappa shape index (κ1) is 40.9. The van der Waals surface area contributed by atoms with E-state index in [4.69, 9.17) is 22.1 Å². The van der Waals surface area contributed by atoms with Crippen molar-refractivity contribution >= 4 is 0 Å². The molecule has 0 saturated heterocycles. The van der Waals surface area contributed by atoms with Gasteiger partial charge in [-0.05, 0) is 39.3 Å². The fourth-order valence-corrected chi connectivity index (χ4v) is 2.35. The molecule has 36 heavy (non-hydrogen) atoms. The van der Waals surface area contributed by atoms with Gasteiger partial charge in [-0.1, -0.05) is 48.5 Å². The first-order chi connectivity index (χ1) is 16.2. The van der Waals surface area contributed by atoms with Gasteiger partial charge in [0.2, 0.25) is 0 Å². The average Bonchev–Trinajstić information content (AvgIpc) is 2.78. The zero-order valence-corrected chi connectivity index (χ0v) is 27.6. The van der Waals surface area contributed by atoms with E-state index in [1.807, 2.05) is 52.5 Å². The maximum absolute atomic E-state index is 11.3. The summed E-state index contributed by atoms with van der Waals surface area (Å²) in [5.41, 5.74) is 28.7.